The molecule has 3 amide bonds. The summed E-state index contributed by atoms with van der Waals surface area (Å²) >= 11 is 0. The largest absolute Gasteiger partial charge is 0.508 e. The Morgan fingerprint density at radius 1 is 1.00 bits per heavy atom. The number of hydrogen-bond acceptors (Lipinski definition) is 7. The number of carboxylic acids is 1. The van der Waals surface area contributed by atoms with Crippen LogP contribution in [0.3, 0.4) is 0 Å². The summed E-state index contributed by atoms with van der Waals surface area (Å²) in [5.74, 6) is -3.63. The number of carboxylic acid groups (broad SMARTS) is 1. The van der Waals surface area contributed by atoms with E-state index >= 15 is 0 Å². The molecule has 1 aromatic carbocycles. The molecule has 11 nitrogen and oxygen atoms in total. The first-order valence-corrected chi connectivity index (χ1v) is 8.40. The quantitative estimate of drug-likeness (QED) is 0.214. The van der Waals surface area contributed by atoms with Gasteiger partial charge < -0.3 is 37.4 Å². The van der Waals surface area contributed by atoms with E-state index in [1.807, 2.05) is 0 Å². The topological polar surface area (TPSA) is 205 Å². The van der Waals surface area contributed by atoms with Crippen LogP contribution < -0.4 is 22.1 Å². The lowest BCUT2D eigenvalue weighted by atomic mass is 10.0. The van der Waals surface area contributed by atoms with Gasteiger partial charge in [-0.15, -0.1) is 0 Å². The Morgan fingerprint density at radius 3 is 2.07 bits per heavy atom. The van der Waals surface area contributed by atoms with Gasteiger partial charge in [0.2, 0.25) is 17.7 Å². The molecule has 1 aromatic rings. The van der Waals surface area contributed by atoms with Crippen molar-refractivity contribution in [2.75, 3.05) is 6.61 Å². The number of aliphatic hydroxyl groups is 1. The van der Waals surface area contributed by atoms with E-state index in [-0.39, 0.29) is 25.0 Å². The van der Waals surface area contributed by atoms with Crippen molar-refractivity contribution in [1.82, 2.24) is 10.6 Å². The highest BCUT2D eigenvalue weighted by Crippen LogP contribution is 2.12. The zero-order valence-corrected chi connectivity index (χ0v) is 15.0. The van der Waals surface area contributed by atoms with Gasteiger partial charge in [0.1, 0.15) is 17.8 Å². The van der Waals surface area contributed by atoms with Crippen LogP contribution in [0.2, 0.25) is 0 Å². The molecule has 0 radical (unpaired) electrons. The van der Waals surface area contributed by atoms with Gasteiger partial charge in [-0.05, 0) is 24.1 Å². The van der Waals surface area contributed by atoms with Crippen molar-refractivity contribution in [2.24, 2.45) is 11.5 Å². The predicted molar refractivity (Wildman–Crippen MR) is 96.8 cm³/mol. The monoisotopic (exact) mass is 396 g/mol. The molecule has 28 heavy (non-hydrogen) atoms. The summed E-state index contributed by atoms with van der Waals surface area (Å²) in [6, 6.07) is 1.97. The number of phenols is 1. The number of amides is 3. The summed E-state index contributed by atoms with van der Waals surface area (Å²) in [4.78, 5) is 46.5. The fraction of sp³-hybridized carbons (Fsp3) is 0.412. The van der Waals surface area contributed by atoms with Gasteiger partial charge in [0.15, 0.2) is 0 Å². The summed E-state index contributed by atoms with van der Waals surface area (Å²) in [7, 11) is 0. The number of carbonyl (C=O) groups excluding carboxylic acids is 3. The number of aromatic hydroxyl groups is 1. The molecule has 0 spiro atoms. The molecule has 0 heterocycles. The Balaban J connectivity index is 2.91. The smallest absolute Gasteiger partial charge is 0.328 e. The van der Waals surface area contributed by atoms with E-state index in [0.717, 1.165) is 0 Å². The molecule has 9 N–H and O–H groups in total. The van der Waals surface area contributed by atoms with Crippen molar-refractivity contribution in [3.63, 3.8) is 0 Å². The maximum atomic E-state index is 12.4. The van der Waals surface area contributed by atoms with Crippen molar-refractivity contribution in [3.05, 3.63) is 29.8 Å². The van der Waals surface area contributed by atoms with E-state index in [2.05, 4.69) is 10.6 Å². The first-order valence-electron chi connectivity index (χ1n) is 8.40. The fourth-order valence-electron chi connectivity index (χ4n) is 2.24. The Kier molecular flexibility index (Phi) is 8.85. The molecule has 3 atom stereocenters. The third-order valence-corrected chi connectivity index (χ3v) is 3.84. The molecule has 0 fully saturated rings. The maximum absolute atomic E-state index is 12.4. The normalized spacial score (nSPS) is 13.8. The van der Waals surface area contributed by atoms with E-state index in [1.165, 1.54) is 24.3 Å². The van der Waals surface area contributed by atoms with E-state index in [1.54, 1.807) is 0 Å². The molecular weight excluding hydrogens is 372 g/mol. The van der Waals surface area contributed by atoms with E-state index in [0.29, 0.717) is 5.56 Å². The lowest BCUT2D eigenvalue weighted by Gasteiger charge is -2.22. The van der Waals surface area contributed by atoms with Crippen LogP contribution in [0.25, 0.3) is 0 Å². The van der Waals surface area contributed by atoms with E-state index < -0.39 is 48.4 Å². The van der Waals surface area contributed by atoms with Crippen LogP contribution in [0.1, 0.15) is 18.4 Å². The fourth-order valence-corrected chi connectivity index (χ4v) is 2.24. The molecule has 0 saturated heterocycles. The lowest BCUT2D eigenvalue weighted by Crippen LogP contribution is -2.56. The summed E-state index contributed by atoms with van der Waals surface area (Å²) in [5.41, 5.74) is 11.3. The number of nitrogens with two attached hydrogens (primary N) is 2. The molecule has 0 bridgehead atoms. The molecule has 0 aliphatic heterocycles. The maximum Gasteiger partial charge on any atom is 0.328 e. The second kappa shape index (κ2) is 10.8. The van der Waals surface area contributed by atoms with Crippen LogP contribution in [0.15, 0.2) is 24.3 Å². The molecule has 11 heteroatoms. The average Bonchev–Trinajstić information content (AvgIpc) is 2.64. The van der Waals surface area contributed by atoms with Gasteiger partial charge in [0.05, 0.1) is 12.6 Å². The summed E-state index contributed by atoms with van der Waals surface area (Å²) < 4.78 is 0. The average molecular weight is 396 g/mol. The minimum atomic E-state index is -1.55. The van der Waals surface area contributed by atoms with Crippen LogP contribution in [0, 0.1) is 0 Å². The third kappa shape index (κ3) is 7.60. The van der Waals surface area contributed by atoms with Gasteiger partial charge >= 0.3 is 5.97 Å². The van der Waals surface area contributed by atoms with Gasteiger partial charge in [-0.1, -0.05) is 12.1 Å². The molecule has 0 unspecified atom stereocenters. The summed E-state index contributed by atoms with van der Waals surface area (Å²) in [6.45, 7) is -0.834. The minimum Gasteiger partial charge on any atom is -0.508 e. The van der Waals surface area contributed by atoms with Gasteiger partial charge in [-0.25, -0.2) is 4.79 Å². The Hall–Kier alpha value is -3.18. The number of benzene rings is 1. The standard InChI is InChI=1S/C17H24N4O7/c18-11(5-6-14(19)24)15(25)20-12(7-9-1-3-10(23)4-2-9)16(26)21-13(8-22)17(27)28/h1-4,11-13,22-23H,5-8,18H2,(H2,19,24)(H,20,25)(H,21,26)(H,27,28)/t11-,12-,13-/m0/s1. The van der Waals surface area contributed by atoms with Gasteiger partial charge in [-0.3, -0.25) is 14.4 Å². The second-order valence-electron chi connectivity index (χ2n) is 6.13. The highest BCUT2D eigenvalue weighted by molar-refractivity contribution is 5.92. The number of hydrogen-bond donors (Lipinski definition) is 7. The van der Waals surface area contributed by atoms with Crippen LogP contribution in [-0.2, 0) is 25.6 Å². The van der Waals surface area contributed by atoms with Crippen LogP contribution >= 0.6 is 0 Å². The highest BCUT2D eigenvalue weighted by Gasteiger charge is 2.28. The Labute approximate surface area is 160 Å². The molecular formula is C17H24N4O7. The number of rotatable bonds is 11. The number of carbonyl (C=O) groups is 4. The van der Waals surface area contributed by atoms with Crippen LogP contribution in [0.4, 0.5) is 0 Å². The SMILES string of the molecule is NC(=O)CC[C@H](N)C(=O)N[C@@H](Cc1ccc(O)cc1)C(=O)N[C@@H](CO)C(=O)O. The van der Waals surface area contributed by atoms with E-state index in [4.69, 9.17) is 21.7 Å². The summed E-state index contributed by atoms with van der Waals surface area (Å²) in [6.07, 6.45) is -0.170. The first kappa shape index (κ1) is 22.9. The third-order valence-electron chi connectivity index (χ3n) is 3.84. The number of phenolic OH excluding ortho intramolecular Hbond substituents is 1. The number of aliphatic hydroxyl groups excluding tert-OH is 1. The van der Waals surface area contributed by atoms with Crippen LogP contribution in [0.5, 0.6) is 5.75 Å². The van der Waals surface area contributed by atoms with E-state index in [9.17, 15) is 24.3 Å². The molecule has 0 aliphatic carbocycles. The first-order chi connectivity index (χ1) is 13.1. The number of primary amides is 1. The molecule has 0 aliphatic rings. The van der Waals surface area contributed by atoms with Gasteiger partial charge in [0.25, 0.3) is 0 Å². The molecule has 1 rings (SSSR count). The zero-order valence-electron chi connectivity index (χ0n) is 15.0. The van der Waals surface area contributed by atoms with Crippen molar-refractivity contribution in [2.45, 2.75) is 37.4 Å². The molecule has 154 valence electrons. The molecule has 0 aromatic heterocycles. The van der Waals surface area contributed by atoms with Crippen molar-refractivity contribution in [1.29, 1.82) is 0 Å². The zero-order chi connectivity index (χ0) is 21.3. The summed E-state index contributed by atoms with van der Waals surface area (Å²) in [5, 5.41) is 31.9. The predicted octanol–water partition coefficient (Wildman–Crippen LogP) is -2.43. The van der Waals surface area contributed by atoms with Crippen molar-refractivity contribution in [3.8, 4) is 5.75 Å². The van der Waals surface area contributed by atoms with Gasteiger partial charge in [0, 0.05) is 12.8 Å². The number of aliphatic carboxylic acids is 1. The number of nitrogens with one attached hydrogen (secondary N) is 2. The molecule has 0 saturated carbocycles. The van der Waals surface area contributed by atoms with Crippen LogP contribution in [-0.4, -0.2) is 63.7 Å². The lowest BCUT2D eigenvalue weighted by molar-refractivity contribution is -0.143. The Morgan fingerprint density at radius 2 is 1.57 bits per heavy atom. The second-order valence-corrected chi connectivity index (χ2v) is 6.13. The highest BCUT2D eigenvalue weighted by atomic mass is 16.4. The van der Waals surface area contributed by atoms with Crippen molar-refractivity contribution < 1.29 is 34.5 Å². The minimum absolute atomic E-state index is 0.00785. The Bertz CT molecular complexity index is 708. The van der Waals surface area contributed by atoms with Gasteiger partial charge in [-0.2, -0.15) is 0 Å². The van der Waals surface area contributed by atoms with Crippen molar-refractivity contribution >= 4 is 23.7 Å².